The van der Waals surface area contributed by atoms with Gasteiger partial charge in [0.15, 0.2) is 11.5 Å². The summed E-state index contributed by atoms with van der Waals surface area (Å²) in [6.45, 7) is 6.77. The molecule has 0 radical (unpaired) electrons. The van der Waals surface area contributed by atoms with Crippen LogP contribution in [0.1, 0.15) is 48.9 Å². The summed E-state index contributed by atoms with van der Waals surface area (Å²) >= 11 is 0. The Hall–Kier alpha value is -1.26. The third kappa shape index (κ3) is 3.20. The number of hydrogen-bond acceptors (Lipinski definition) is 4. The van der Waals surface area contributed by atoms with E-state index in [2.05, 4.69) is 23.2 Å². The number of ether oxygens (including phenoxy) is 2. The minimum Gasteiger partial charge on any atom is -0.493 e. The van der Waals surface area contributed by atoms with Gasteiger partial charge in [0.1, 0.15) is 0 Å². The highest BCUT2D eigenvalue weighted by Crippen LogP contribution is 2.48. The Morgan fingerprint density at radius 1 is 1.22 bits per heavy atom. The molecule has 1 aliphatic heterocycles. The molecule has 3 rings (SSSR count). The third-order valence-corrected chi connectivity index (χ3v) is 5.31. The molecule has 23 heavy (non-hydrogen) atoms. The van der Waals surface area contributed by atoms with E-state index < -0.39 is 0 Å². The minimum absolute atomic E-state index is 0.590. The lowest BCUT2D eigenvalue weighted by molar-refractivity contribution is 0.182. The van der Waals surface area contributed by atoms with Gasteiger partial charge in [0.25, 0.3) is 0 Å². The van der Waals surface area contributed by atoms with Crippen molar-refractivity contribution >= 4 is 0 Å². The molecular weight excluding hydrogens is 288 g/mol. The summed E-state index contributed by atoms with van der Waals surface area (Å²) in [7, 11) is 3.50. The topological polar surface area (TPSA) is 33.7 Å². The van der Waals surface area contributed by atoms with Gasteiger partial charge in [0, 0.05) is 18.2 Å². The highest BCUT2D eigenvalue weighted by Gasteiger charge is 2.36. The fourth-order valence-corrected chi connectivity index (χ4v) is 4.23. The van der Waals surface area contributed by atoms with Crippen molar-refractivity contribution in [3.05, 3.63) is 22.8 Å². The molecule has 4 heteroatoms. The van der Waals surface area contributed by atoms with Gasteiger partial charge in [0.05, 0.1) is 14.2 Å². The number of nitrogens with one attached hydrogen (secondary N) is 1. The second-order valence-electron chi connectivity index (χ2n) is 6.56. The molecule has 1 unspecified atom stereocenters. The highest BCUT2D eigenvalue weighted by atomic mass is 16.5. The fraction of sp³-hybridized carbons (Fsp3) is 0.684. The van der Waals surface area contributed by atoms with Crippen LogP contribution in [-0.2, 0) is 12.8 Å². The number of hydrogen-bond donors (Lipinski definition) is 1. The molecule has 1 aliphatic carbocycles. The van der Waals surface area contributed by atoms with Crippen LogP contribution in [0.5, 0.6) is 11.5 Å². The van der Waals surface area contributed by atoms with Gasteiger partial charge in [-0.3, -0.25) is 4.90 Å². The zero-order valence-electron chi connectivity index (χ0n) is 14.8. The van der Waals surface area contributed by atoms with E-state index in [1.54, 1.807) is 19.8 Å². The van der Waals surface area contributed by atoms with Gasteiger partial charge < -0.3 is 14.8 Å². The summed E-state index contributed by atoms with van der Waals surface area (Å²) in [6, 6.07) is 2.80. The van der Waals surface area contributed by atoms with Crippen molar-refractivity contribution < 1.29 is 9.47 Å². The Kier molecular flexibility index (Phi) is 5.44. The Bertz CT molecular complexity index is 545. The van der Waals surface area contributed by atoms with E-state index in [0.29, 0.717) is 6.04 Å². The smallest absolute Gasteiger partial charge is 0.164 e. The Labute approximate surface area is 140 Å². The zero-order valence-corrected chi connectivity index (χ0v) is 14.8. The molecule has 0 aromatic heterocycles. The molecule has 2 aliphatic rings. The van der Waals surface area contributed by atoms with Crippen LogP contribution >= 0.6 is 0 Å². The van der Waals surface area contributed by atoms with Crippen LogP contribution in [0.3, 0.4) is 0 Å². The molecule has 4 nitrogen and oxygen atoms in total. The van der Waals surface area contributed by atoms with Gasteiger partial charge in [-0.25, -0.2) is 0 Å². The van der Waals surface area contributed by atoms with Crippen LogP contribution in [-0.4, -0.2) is 45.3 Å². The molecule has 0 spiro atoms. The van der Waals surface area contributed by atoms with Crippen LogP contribution in [0.2, 0.25) is 0 Å². The zero-order chi connectivity index (χ0) is 16.2. The lowest BCUT2D eigenvalue weighted by atomic mass is 9.92. The first-order valence-electron chi connectivity index (χ1n) is 9.01. The van der Waals surface area contributed by atoms with E-state index in [1.165, 1.54) is 43.5 Å². The molecule has 1 aromatic rings. The first kappa shape index (κ1) is 16.6. The van der Waals surface area contributed by atoms with E-state index in [9.17, 15) is 0 Å². The van der Waals surface area contributed by atoms with Crippen LogP contribution in [0.25, 0.3) is 0 Å². The van der Waals surface area contributed by atoms with Gasteiger partial charge in [-0.15, -0.1) is 0 Å². The summed E-state index contributed by atoms with van der Waals surface area (Å²) in [5.41, 5.74) is 4.41. The third-order valence-electron chi connectivity index (χ3n) is 5.31. The molecule has 1 N–H and O–H groups in total. The van der Waals surface area contributed by atoms with Crippen molar-refractivity contribution in [2.24, 2.45) is 0 Å². The maximum atomic E-state index is 5.66. The predicted octanol–water partition coefficient (Wildman–Crippen LogP) is 2.94. The van der Waals surface area contributed by atoms with Gasteiger partial charge in [0.2, 0.25) is 0 Å². The highest BCUT2D eigenvalue weighted by molar-refractivity contribution is 5.58. The van der Waals surface area contributed by atoms with Crippen LogP contribution in [0.15, 0.2) is 6.07 Å². The van der Waals surface area contributed by atoms with E-state index in [-0.39, 0.29) is 0 Å². The van der Waals surface area contributed by atoms with Crippen molar-refractivity contribution in [3.63, 3.8) is 0 Å². The Morgan fingerprint density at radius 2 is 2.09 bits per heavy atom. The summed E-state index contributed by atoms with van der Waals surface area (Å²) in [4.78, 5) is 2.69. The van der Waals surface area contributed by atoms with Crippen LogP contribution < -0.4 is 14.8 Å². The van der Waals surface area contributed by atoms with Gasteiger partial charge >= 0.3 is 0 Å². The molecule has 1 heterocycles. The predicted molar refractivity (Wildman–Crippen MR) is 93.7 cm³/mol. The van der Waals surface area contributed by atoms with Crippen molar-refractivity contribution in [1.82, 2.24) is 10.2 Å². The van der Waals surface area contributed by atoms with E-state index >= 15 is 0 Å². The summed E-state index contributed by atoms with van der Waals surface area (Å²) in [6.07, 6.45) is 6.01. The summed E-state index contributed by atoms with van der Waals surface area (Å²) < 4.78 is 11.2. The van der Waals surface area contributed by atoms with Crippen molar-refractivity contribution in [1.29, 1.82) is 0 Å². The van der Waals surface area contributed by atoms with Gasteiger partial charge in [-0.05, 0) is 68.9 Å². The molecule has 1 aromatic carbocycles. The van der Waals surface area contributed by atoms with Gasteiger partial charge in [-0.1, -0.05) is 6.92 Å². The second-order valence-corrected chi connectivity index (χ2v) is 6.56. The molecule has 0 fully saturated rings. The lowest BCUT2D eigenvalue weighted by Gasteiger charge is -2.35. The maximum Gasteiger partial charge on any atom is 0.164 e. The molecule has 0 amide bonds. The molecular formula is C19H30N2O2. The Morgan fingerprint density at radius 3 is 2.83 bits per heavy atom. The standard InChI is InChI=1S/C19H30N2O2/c1-4-20-10-5-6-11-21-12-9-14-13-17(22-2)19(23-3)15-7-8-16(21)18(14)15/h13,16,20H,4-12H2,1-3H3. The first-order chi connectivity index (χ1) is 11.3. The van der Waals surface area contributed by atoms with Crippen molar-refractivity contribution in [3.8, 4) is 11.5 Å². The molecule has 128 valence electrons. The minimum atomic E-state index is 0.590. The summed E-state index contributed by atoms with van der Waals surface area (Å²) in [5, 5.41) is 3.42. The SMILES string of the molecule is CCNCCCCN1CCc2cc(OC)c(OC)c3c2C1CC3. The first-order valence-corrected chi connectivity index (χ1v) is 9.01. The van der Waals surface area contributed by atoms with Crippen molar-refractivity contribution in [2.45, 2.75) is 45.1 Å². The second kappa shape index (κ2) is 7.54. The Balaban J connectivity index is 1.73. The average Bonchev–Trinajstić information content (AvgIpc) is 3.02. The number of unbranched alkanes of at least 4 members (excludes halogenated alkanes) is 1. The monoisotopic (exact) mass is 318 g/mol. The van der Waals surface area contributed by atoms with E-state index in [4.69, 9.17) is 9.47 Å². The largest absolute Gasteiger partial charge is 0.493 e. The molecule has 0 saturated heterocycles. The number of methoxy groups -OCH3 is 2. The summed E-state index contributed by atoms with van der Waals surface area (Å²) in [5.74, 6) is 1.86. The lowest BCUT2D eigenvalue weighted by Crippen LogP contribution is -2.35. The normalized spacial score (nSPS) is 19.7. The van der Waals surface area contributed by atoms with Gasteiger partial charge in [-0.2, -0.15) is 0 Å². The van der Waals surface area contributed by atoms with Crippen LogP contribution in [0, 0.1) is 0 Å². The molecule has 1 atom stereocenters. The average molecular weight is 318 g/mol. The molecule has 0 bridgehead atoms. The maximum absolute atomic E-state index is 5.66. The van der Waals surface area contributed by atoms with E-state index in [0.717, 1.165) is 37.4 Å². The van der Waals surface area contributed by atoms with E-state index in [1.807, 2.05) is 0 Å². The number of benzene rings is 1. The quantitative estimate of drug-likeness (QED) is 0.747. The fourth-order valence-electron chi connectivity index (χ4n) is 4.23. The molecule has 0 saturated carbocycles. The number of nitrogens with zero attached hydrogens (tertiary/aromatic N) is 1. The van der Waals surface area contributed by atoms with Crippen molar-refractivity contribution in [2.75, 3.05) is 40.4 Å². The van der Waals surface area contributed by atoms with Crippen LogP contribution in [0.4, 0.5) is 0 Å². The number of rotatable bonds is 8.